The van der Waals surface area contributed by atoms with Crippen LogP contribution in [0, 0.1) is 0 Å². The number of thioether (sulfide) groups is 1. The summed E-state index contributed by atoms with van der Waals surface area (Å²) in [6.07, 6.45) is 15.6. The molecule has 7 heteroatoms. The summed E-state index contributed by atoms with van der Waals surface area (Å²) in [5.74, 6) is 0.966. The van der Waals surface area contributed by atoms with Gasteiger partial charge in [-0.3, -0.25) is 9.59 Å². The molecule has 0 aromatic heterocycles. The average molecular weight is 589 g/mol. The maximum absolute atomic E-state index is 13.6. The lowest BCUT2D eigenvalue weighted by Gasteiger charge is -2.40. The van der Waals surface area contributed by atoms with Crippen molar-refractivity contribution in [2.24, 2.45) is 4.99 Å². The first-order valence-corrected chi connectivity index (χ1v) is 17.0. The van der Waals surface area contributed by atoms with Gasteiger partial charge in [0.15, 0.2) is 5.17 Å². The Morgan fingerprint density at radius 3 is 2.12 bits per heavy atom. The highest BCUT2D eigenvalue weighted by molar-refractivity contribution is 8.13. The Morgan fingerprint density at radius 1 is 0.833 bits per heavy atom. The van der Waals surface area contributed by atoms with Crippen LogP contribution >= 0.6 is 11.8 Å². The number of nitrogens with zero attached hydrogens (tertiary/aromatic N) is 2. The zero-order chi connectivity index (χ0) is 29.6. The smallest absolute Gasteiger partial charge is 0.255 e. The Morgan fingerprint density at radius 2 is 1.45 bits per heavy atom. The van der Waals surface area contributed by atoms with Crippen molar-refractivity contribution >= 4 is 40.1 Å². The normalized spacial score (nSPS) is 16.6. The van der Waals surface area contributed by atoms with Crippen LogP contribution in [0.5, 0.6) is 0 Å². The second-order valence-corrected chi connectivity index (χ2v) is 12.5. The van der Waals surface area contributed by atoms with Crippen LogP contribution in [0.15, 0.2) is 70.9 Å². The number of hydrogen-bond donors (Lipinski definition) is 2. The predicted octanol–water partition coefficient (Wildman–Crippen LogP) is 9.09. The Hall–Kier alpha value is -3.06. The van der Waals surface area contributed by atoms with Crippen LogP contribution in [0.4, 0.5) is 11.4 Å². The molecule has 2 heterocycles. The number of carbonyl (C=O) groups is 2. The van der Waals surface area contributed by atoms with E-state index in [1.54, 1.807) is 11.8 Å². The van der Waals surface area contributed by atoms with E-state index in [2.05, 4.69) is 22.5 Å². The van der Waals surface area contributed by atoms with E-state index in [1.807, 2.05) is 61.5 Å². The molecule has 0 saturated carbocycles. The molecule has 2 aromatic rings. The Bertz CT molecular complexity index is 1210. The molecular formula is C35H48N4O2S. The molecule has 0 aliphatic carbocycles. The molecule has 1 unspecified atom stereocenters. The number of rotatable bonds is 16. The SMILES string of the molecule is CCCCCCCCCCCCCC(=O)Nc1ccc(C2C(C(=O)Nc3ccccc3)=C(C)N=C3SCCCN32)cc1. The second kappa shape index (κ2) is 17.2. The van der Waals surface area contributed by atoms with Crippen LogP contribution in [0.1, 0.15) is 109 Å². The average Bonchev–Trinajstić information content (AvgIpc) is 3.00. The van der Waals surface area contributed by atoms with Crippen molar-refractivity contribution in [3.63, 3.8) is 0 Å². The van der Waals surface area contributed by atoms with Gasteiger partial charge in [-0.1, -0.05) is 113 Å². The van der Waals surface area contributed by atoms with Gasteiger partial charge in [0.1, 0.15) is 0 Å². The van der Waals surface area contributed by atoms with E-state index in [0.29, 0.717) is 12.0 Å². The molecule has 1 fully saturated rings. The molecule has 4 rings (SSSR count). The molecule has 0 radical (unpaired) electrons. The van der Waals surface area contributed by atoms with Crippen molar-refractivity contribution in [3.05, 3.63) is 71.4 Å². The number of hydrogen-bond acceptors (Lipinski definition) is 5. The first-order chi connectivity index (χ1) is 20.6. The van der Waals surface area contributed by atoms with Gasteiger partial charge in [0.05, 0.1) is 17.3 Å². The summed E-state index contributed by atoms with van der Waals surface area (Å²) in [5.41, 5.74) is 3.99. The summed E-state index contributed by atoms with van der Waals surface area (Å²) in [6, 6.07) is 17.3. The minimum absolute atomic E-state index is 0.0665. The number of carbonyl (C=O) groups excluding carboxylic acids is 2. The number of nitrogens with one attached hydrogen (secondary N) is 2. The molecule has 6 nitrogen and oxygen atoms in total. The second-order valence-electron chi connectivity index (χ2n) is 11.5. The molecule has 2 aliphatic rings. The molecule has 1 saturated heterocycles. The molecule has 2 aromatic carbocycles. The van der Waals surface area contributed by atoms with Crippen molar-refractivity contribution in [1.82, 2.24) is 4.90 Å². The minimum Gasteiger partial charge on any atom is -0.340 e. The number of para-hydroxylation sites is 1. The highest BCUT2D eigenvalue weighted by Crippen LogP contribution is 2.40. The van der Waals surface area contributed by atoms with Crippen LogP contribution in [-0.2, 0) is 9.59 Å². The molecule has 1 atom stereocenters. The number of unbranched alkanes of at least 4 members (excludes halogenated alkanes) is 10. The third kappa shape index (κ3) is 9.48. The summed E-state index contributed by atoms with van der Waals surface area (Å²) >= 11 is 1.75. The quantitative estimate of drug-likeness (QED) is 0.192. The topological polar surface area (TPSA) is 73.8 Å². The fraction of sp³-hybridized carbons (Fsp3) is 0.514. The number of amides is 2. The van der Waals surface area contributed by atoms with E-state index in [1.165, 1.54) is 57.8 Å². The van der Waals surface area contributed by atoms with Crippen LogP contribution < -0.4 is 10.6 Å². The van der Waals surface area contributed by atoms with E-state index in [4.69, 9.17) is 4.99 Å². The van der Waals surface area contributed by atoms with Crippen LogP contribution in [0.25, 0.3) is 0 Å². The van der Waals surface area contributed by atoms with E-state index < -0.39 is 0 Å². The van der Waals surface area contributed by atoms with Crippen molar-refractivity contribution in [3.8, 4) is 0 Å². The van der Waals surface area contributed by atoms with Crippen molar-refractivity contribution in [2.45, 2.75) is 103 Å². The third-order valence-electron chi connectivity index (χ3n) is 8.05. The number of allylic oxidation sites excluding steroid dienone is 1. The maximum Gasteiger partial charge on any atom is 0.255 e. The largest absolute Gasteiger partial charge is 0.340 e. The van der Waals surface area contributed by atoms with Crippen molar-refractivity contribution in [1.29, 1.82) is 0 Å². The Labute approximate surface area is 256 Å². The number of benzene rings is 2. The predicted molar refractivity (Wildman–Crippen MR) is 178 cm³/mol. The first-order valence-electron chi connectivity index (χ1n) is 16.0. The fourth-order valence-corrected chi connectivity index (χ4v) is 6.77. The number of amidine groups is 1. The number of aliphatic imine (C=N–C) groups is 1. The summed E-state index contributed by atoms with van der Waals surface area (Å²) in [6.45, 7) is 5.04. The molecule has 2 N–H and O–H groups in total. The highest BCUT2D eigenvalue weighted by Gasteiger charge is 2.37. The summed E-state index contributed by atoms with van der Waals surface area (Å²) in [4.78, 5) is 33.2. The number of fused-ring (bicyclic) bond motifs is 1. The zero-order valence-electron chi connectivity index (χ0n) is 25.5. The molecule has 0 bridgehead atoms. The van der Waals surface area contributed by atoms with Crippen LogP contribution in [0.2, 0.25) is 0 Å². The first kappa shape index (κ1) is 31.9. The number of anilines is 2. The van der Waals surface area contributed by atoms with Crippen molar-refractivity contribution in [2.75, 3.05) is 22.9 Å². The molecular weight excluding hydrogens is 540 g/mol. The summed E-state index contributed by atoms with van der Waals surface area (Å²) in [5, 5.41) is 7.11. The van der Waals surface area contributed by atoms with E-state index in [0.717, 1.165) is 59.4 Å². The molecule has 0 spiro atoms. The molecule has 226 valence electrons. The lowest BCUT2D eigenvalue weighted by atomic mass is 9.93. The third-order valence-corrected chi connectivity index (χ3v) is 9.13. The molecule has 2 aliphatic heterocycles. The summed E-state index contributed by atoms with van der Waals surface area (Å²) in [7, 11) is 0. The minimum atomic E-state index is -0.227. The monoisotopic (exact) mass is 588 g/mol. The highest BCUT2D eigenvalue weighted by atomic mass is 32.2. The summed E-state index contributed by atoms with van der Waals surface area (Å²) < 4.78 is 0. The zero-order valence-corrected chi connectivity index (χ0v) is 26.3. The van der Waals surface area contributed by atoms with Gasteiger partial charge in [-0.2, -0.15) is 0 Å². The molecule has 42 heavy (non-hydrogen) atoms. The molecule has 2 amide bonds. The van der Waals surface area contributed by atoms with Gasteiger partial charge in [-0.15, -0.1) is 0 Å². The van der Waals surface area contributed by atoms with E-state index in [9.17, 15) is 9.59 Å². The Kier molecular flexibility index (Phi) is 13.0. The van der Waals surface area contributed by atoms with Gasteiger partial charge < -0.3 is 15.5 Å². The van der Waals surface area contributed by atoms with E-state index in [-0.39, 0.29) is 17.9 Å². The van der Waals surface area contributed by atoms with Gasteiger partial charge in [0.25, 0.3) is 5.91 Å². The van der Waals surface area contributed by atoms with Crippen LogP contribution in [-0.4, -0.2) is 34.2 Å². The van der Waals surface area contributed by atoms with Crippen LogP contribution in [0.3, 0.4) is 0 Å². The maximum atomic E-state index is 13.6. The van der Waals surface area contributed by atoms with E-state index >= 15 is 0 Å². The lowest BCUT2D eigenvalue weighted by molar-refractivity contribution is -0.116. The van der Waals surface area contributed by atoms with Gasteiger partial charge in [0.2, 0.25) is 5.91 Å². The van der Waals surface area contributed by atoms with Gasteiger partial charge in [0, 0.05) is 30.1 Å². The lowest BCUT2D eigenvalue weighted by Crippen LogP contribution is -2.43. The Balaban J connectivity index is 1.29. The van der Waals surface area contributed by atoms with Gasteiger partial charge in [-0.05, 0) is 49.6 Å². The standard InChI is InChI=1S/C35H48N4O2S/c1-3-4-5-6-7-8-9-10-11-12-16-20-31(40)37-30-23-21-28(22-24-30)33-32(34(41)38-29-18-14-13-15-19-29)27(2)36-35-39(33)25-17-26-42-35/h13-15,18-19,21-24,33H,3-12,16-17,20,25-26H2,1-2H3,(H,37,40)(H,38,41). The fourth-order valence-electron chi connectivity index (χ4n) is 5.75. The van der Waals surface area contributed by atoms with Gasteiger partial charge >= 0.3 is 0 Å². The van der Waals surface area contributed by atoms with Crippen molar-refractivity contribution < 1.29 is 9.59 Å². The van der Waals surface area contributed by atoms with Gasteiger partial charge in [-0.25, -0.2) is 4.99 Å².